The molecule has 7 heteroatoms. The quantitative estimate of drug-likeness (QED) is 0.852. The molecule has 136 valence electrons. The monoisotopic (exact) mass is 383 g/mol. The average molecular weight is 384 g/mol. The van der Waals surface area contributed by atoms with Gasteiger partial charge in [0.15, 0.2) is 0 Å². The third-order valence-electron chi connectivity index (χ3n) is 4.04. The van der Waals surface area contributed by atoms with Crippen LogP contribution >= 0.6 is 24.8 Å². The number of halogens is 2. The van der Waals surface area contributed by atoms with E-state index in [1.54, 1.807) is 0 Å². The standard InChI is InChI=1S/C18H21N3O2.2ClH/c1-12-3-5-13(6-4-12)17(19)18(22)20-14-7-8-16-15(11-14)21(2)9-10-23-16;;/h3-8,11,17H,9-10,19H2,1-2H3,(H,20,22);2*1H. The first-order valence-electron chi connectivity index (χ1n) is 7.65. The van der Waals surface area contributed by atoms with Gasteiger partial charge in [-0.15, -0.1) is 24.8 Å². The highest BCUT2D eigenvalue weighted by Gasteiger charge is 2.18. The average Bonchev–Trinajstić information content (AvgIpc) is 2.55. The van der Waals surface area contributed by atoms with Crippen molar-refractivity contribution in [1.82, 2.24) is 0 Å². The zero-order chi connectivity index (χ0) is 16.4. The summed E-state index contributed by atoms with van der Waals surface area (Å²) in [5.74, 6) is 0.604. The highest BCUT2D eigenvalue weighted by Crippen LogP contribution is 2.33. The van der Waals surface area contributed by atoms with Crippen LogP contribution in [0.2, 0.25) is 0 Å². The van der Waals surface area contributed by atoms with Gasteiger partial charge in [0, 0.05) is 12.7 Å². The summed E-state index contributed by atoms with van der Waals surface area (Å²) >= 11 is 0. The van der Waals surface area contributed by atoms with Gasteiger partial charge in [0.2, 0.25) is 5.91 Å². The fraction of sp³-hybridized carbons (Fsp3) is 0.278. The van der Waals surface area contributed by atoms with E-state index in [2.05, 4.69) is 10.2 Å². The molecule has 1 aliphatic heterocycles. The maximum Gasteiger partial charge on any atom is 0.245 e. The molecule has 1 amide bonds. The molecule has 0 fully saturated rings. The third kappa shape index (κ3) is 4.78. The van der Waals surface area contributed by atoms with Gasteiger partial charge in [-0.1, -0.05) is 29.8 Å². The highest BCUT2D eigenvalue weighted by atomic mass is 35.5. The molecule has 1 atom stereocenters. The van der Waals surface area contributed by atoms with Crippen molar-refractivity contribution >= 4 is 42.1 Å². The van der Waals surface area contributed by atoms with Gasteiger partial charge in [-0.05, 0) is 30.7 Å². The van der Waals surface area contributed by atoms with E-state index in [-0.39, 0.29) is 30.7 Å². The molecule has 0 spiro atoms. The Labute approximate surface area is 160 Å². The van der Waals surface area contributed by atoms with Crippen LogP contribution in [0.5, 0.6) is 5.75 Å². The first kappa shape index (κ1) is 21.1. The smallest absolute Gasteiger partial charge is 0.245 e. The first-order valence-corrected chi connectivity index (χ1v) is 7.65. The third-order valence-corrected chi connectivity index (χ3v) is 4.04. The van der Waals surface area contributed by atoms with Gasteiger partial charge in [-0.25, -0.2) is 0 Å². The van der Waals surface area contributed by atoms with E-state index in [0.29, 0.717) is 12.3 Å². The molecule has 0 radical (unpaired) electrons. The van der Waals surface area contributed by atoms with E-state index < -0.39 is 6.04 Å². The van der Waals surface area contributed by atoms with Crippen LogP contribution in [0.25, 0.3) is 0 Å². The van der Waals surface area contributed by atoms with E-state index in [4.69, 9.17) is 10.5 Å². The molecule has 5 nitrogen and oxygen atoms in total. The molecule has 1 aliphatic rings. The van der Waals surface area contributed by atoms with Crippen LogP contribution in [0.15, 0.2) is 42.5 Å². The summed E-state index contributed by atoms with van der Waals surface area (Å²) in [7, 11) is 2.00. The van der Waals surface area contributed by atoms with Crippen LogP contribution in [0.4, 0.5) is 11.4 Å². The number of rotatable bonds is 3. The van der Waals surface area contributed by atoms with Crippen molar-refractivity contribution in [3.05, 3.63) is 53.6 Å². The summed E-state index contributed by atoms with van der Waals surface area (Å²) in [6.07, 6.45) is 0. The number of hydrogen-bond donors (Lipinski definition) is 2. The van der Waals surface area contributed by atoms with Crippen molar-refractivity contribution in [2.45, 2.75) is 13.0 Å². The van der Waals surface area contributed by atoms with Crippen molar-refractivity contribution in [3.8, 4) is 5.75 Å². The number of anilines is 2. The zero-order valence-corrected chi connectivity index (χ0v) is 15.8. The molecule has 3 N–H and O–H groups in total. The Balaban J connectivity index is 0.00000156. The number of carbonyl (C=O) groups is 1. The lowest BCUT2D eigenvalue weighted by molar-refractivity contribution is -0.117. The Morgan fingerprint density at radius 2 is 1.88 bits per heavy atom. The lowest BCUT2D eigenvalue weighted by Crippen LogP contribution is -2.30. The number of nitrogens with two attached hydrogens (primary N) is 1. The van der Waals surface area contributed by atoms with Crippen molar-refractivity contribution < 1.29 is 9.53 Å². The fourth-order valence-electron chi connectivity index (χ4n) is 2.57. The molecule has 2 aromatic rings. The SMILES string of the molecule is Cc1ccc(C(N)C(=O)Nc2ccc3c(c2)N(C)CCO3)cc1.Cl.Cl. The number of aryl methyl sites for hydroxylation is 1. The number of likely N-dealkylation sites (N-methyl/N-ethyl adjacent to an activating group) is 1. The van der Waals surface area contributed by atoms with E-state index in [0.717, 1.165) is 29.1 Å². The second-order valence-electron chi connectivity index (χ2n) is 5.83. The molecule has 3 rings (SSSR count). The summed E-state index contributed by atoms with van der Waals surface area (Å²) in [5, 5.41) is 2.88. The Bertz CT molecular complexity index is 723. The van der Waals surface area contributed by atoms with E-state index in [9.17, 15) is 4.79 Å². The number of fused-ring (bicyclic) bond motifs is 1. The lowest BCUT2D eigenvalue weighted by atomic mass is 10.1. The Morgan fingerprint density at radius 3 is 2.56 bits per heavy atom. The maximum atomic E-state index is 12.4. The molecule has 0 saturated carbocycles. The van der Waals surface area contributed by atoms with Crippen LogP contribution in [-0.2, 0) is 4.79 Å². The Hall–Kier alpha value is -1.95. The number of ether oxygens (including phenoxy) is 1. The topological polar surface area (TPSA) is 67.6 Å². The van der Waals surface area contributed by atoms with E-state index >= 15 is 0 Å². The molecule has 0 bridgehead atoms. The first-order chi connectivity index (χ1) is 11.0. The number of nitrogens with zero attached hydrogens (tertiary/aromatic N) is 1. The van der Waals surface area contributed by atoms with E-state index in [1.807, 2.05) is 56.4 Å². The molecule has 0 aromatic heterocycles. The predicted molar refractivity (Wildman–Crippen MR) is 106 cm³/mol. The minimum atomic E-state index is -0.694. The molecule has 1 unspecified atom stereocenters. The van der Waals surface area contributed by atoms with Crippen molar-refractivity contribution in [2.24, 2.45) is 5.73 Å². The normalized spacial score (nSPS) is 13.5. The van der Waals surface area contributed by atoms with Gasteiger partial charge in [-0.2, -0.15) is 0 Å². The van der Waals surface area contributed by atoms with Gasteiger partial charge >= 0.3 is 0 Å². The summed E-state index contributed by atoms with van der Waals surface area (Å²) in [5.41, 5.74) is 9.68. The molecule has 0 aliphatic carbocycles. The van der Waals surface area contributed by atoms with E-state index in [1.165, 1.54) is 0 Å². The number of amides is 1. The minimum absolute atomic E-state index is 0. The minimum Gasteiger partial charge on any atom is -0.490 e. The largest absolute Gasteiger partial charge is 0.490 e. The van der Waals surface area contributed by atoms with Gasteiger partial charge in [0.1, 0.15) is 18.4 Å². The summed E-state index contributed by atoms with van der Waals surface area (Å²) in [6, 6.07) is 12.6. The molecule has 25 heavy (non-hydrogen) atoms. The second-order valence-corrected chi connectivity index (χ2v) is 5.83. The second kappa shape index (κ2) is 8.94. The zero-order valence-electron chi connectivity index (χ0n) is 14.2. The predicted octanol–water partition coefficient (Wildman–Crippen LogP) is 3.31. The van der Waals surface area contributed by atoms with Crippen molar-refractivity contribution in [1.29, 1.82) is 0 Å². The van der Waals surface area contributed by atoms with Gasteiger partial charge in [-0.3, -0.25) is 4.79 Å². The number of benzene rings is 2. The maximum absolute atomic E-state index is 12.4. The van der Waals surface area contributed by atoms with Crippen LogP contribution in [0, 0.1) is 6.92 Å². The number of nitrogens with one attached hydrogen (secondary N) is 1. The van der Waals surface area contributed by atoms with Crippen LogP contribution in [-0.4, -0.2) is 26.1 Å². The molecular formula is C18H23Cl2N3O2. The summed E-state index contributed by atoms with van der Waals surface area (Å²) < 4.78 is 5.60. The van der Waals surface area contributed by atoms with Gasteiger partial charge in [0.05, 0.1) is 12.2 Å². The lowest BCUT2D eigenvalue weighted by Gasteiger charge is -2.28. The molecule has 1 heterocycles. The van der Waals surface area contributed by atoms with Crippen molar-refractivity contribution in [3.63, 3.8) is 0 Å². The van der Waals surface area contributed by atoms with Crippen LogP contribution in [0.1, 0.15) is 17.2 Å². The molecule has 2 aromatic carbocycles. The molecular weight excluding hydrogens is 361 g/mol. The van der Waals surface area contributed by atoms with Gasteiger partial charge in [0.25, 0.3) is 0 Å². The Morgan fingerprint density at radius 1 is 1.20 bits per heavy atom. The number of hydrogen-bond acceptors (Lipinski definition) is 4. The molecule has 0 saturated heterocycles. The Kier molecular flexibility index (Phi) is 7.55. The summed E-state index contributed by atoms with van der Waals surface area (Å²) in [4.78, 5) is 14.5. The van der Waals surface area contributed by atoms with Crippen LogP contribution < -0.4 is 20.7 Å². The number of carbonyl (C=O) groups excluding carboxylic acids is 1. The van der Waals surface area contributed by atoms with Gasteiger partial charge < -0.3 is 20.7 Å². The van der Waals surface area contributed by atoms with Crippen molar-refractivity contribution in [2.75, 3.05) is 30.4 Å². The summed E-state index contributed by atoms with van der Waals surface area (Å²) in [6.45, 7) is 3.50. The van der Waals surface area contributed by atoms with Crippen LogP contribution in [0.3, 0.4) is 0 Å². The highest BCUT2D eigenvalue weighted by molar-refractivity contribution is 5.96. The fourth-order valence-corrected chi connectivity index (χ4v) is 2.57.